The Labute approximate surface area is 150 Å². The van der Waals surface area contributed by atoms with Crippen LogP contribution in [0, 0.1) is 40.4 Å². The van der Waals surface area contributed by atoms with Gasteiger partial charge in [-0.2, -0.15) is 0 Å². The lowest BCUT2D eigenvalue weighted by atomic mass is 9.44. The molecule has 0 aromatic heterocycles. The minimum Gasteiger partial charge on any atom is -0.388 e. The van der Waals surface area contributed by atoms with Crippen LogP contribution >= 0.6 is 0 Å². The second kappa shape index (κ2) is 5.08. The summed E-state index contributed by atoms with van der Waals surface area (Å²) in [6.07, 6.45) is 6.89. The zero-order valence-electron chi connectivity index (χ0n) is 15.5. The molecule has 4 nitrogen and oxygen atoms in total. The lowest BCUT2D eigenvalue weighted by molar-refractivity contribution is -0.242. The van der Waals surface area contributed by atoms with Crippen molar-refractivity contribution in [3.63, 3.8) is 0 Å². The van der Waals surface area contributed by atoms with E-state index in [9.17, 15) is 15.0 Å². The van der Waals surface area contributed by atoms with Gasteiger partial charge in [-0.3, -0.25) is 4.79 Å². The summed E-state index contributed by atoms with van der Waals surface area (Å²) in [5, 5.41) is 21.1. The molecule has 0 radical (unpaired) electrons. The van der Waals surface area contributed by atoms with Crippen LogP contribution in [0.2, 0.25) is 0 Å². The molecule has 4 saturated carbocycles. The van der Waals surface area contributed by atoms with Gasteiger partial charge in [-0.25, -0.2) is 0 Å². The Morgan fingerprint density at radius 2 is 2.04 bits per heavy atom. The molecular formula is C21H32O4. The third kappa shape index (κ3) is 1.92. The van der Waals surface area contributed by atoms with Crippen LogP contribution in [0.3, 0.4) is 0 Å². The molecule has 0 aromatic carbocycles. The maximum absolute atomic E-state index is 12.7. The molecule has 25 heavy (non-hydrogen) atoms. The number of aliphatic hydroxyl groups is 2. The zero-order chi connectivity index (χ0) is 17.6. The molecule has 2 N–H and O–H groups in total. The van der Waals surface area contributed by atoms with Gasteiger partial charge in [-0.05, 0) is 67.6 Å². The van der Waals surface area contributed by atoms with Gasteiger partial charge in [0.2, 0.25) is 0 Å². The number of hydrogen-bond acceptors (Lipinski definition) is 4. The lowest BCUT2D eigenvalue weighted by Gasteiger charge is -2.60. The smallest absolute Gasteiger partial charge is 0.192 e. The first kappa shape index (κ1) is 16.7. The fourth-order valence-electron chi connectivity index (χ4n) is 8.33. The van der Waals surface area contributed by atoms with Gasteiger partial charge < -0.3 is 14.9 Å². The normalized spacial score (nSPS) is 60.1. The molecule has 5 fully saturated rings. The number of carbonyl (C=O) groups is 1. The second-order valence-corrected chi connectivity index (χ2v) is 10.1. The van der Waals surface area contributed by atoms with Crippen LogP contribution in [0.15, 0.2) is 0 Å². The van der Waals surface area contributed by atoms with E-state index in [1.165, 1.54) is 6.42 Å². The Morgan fingerprint density at radius 3 is 2.80 bits per heavy atom. The highest BCUT2D eigenvalue weighted by Gasteiger charge is 2.68. The van der Waals surface area contributed by atoms with Crippen LogP contribution in [0.4, 0.5) is 0 Å². The third-order valence-corrected chi connectivity index (χ3v) is 9.49. The van der Waals surface area contributed by atoms with E-state index in [1.807, 2.05) is 0 Å². The summed E-state index contributed by atoms with van der Waals surface area (Å²) in [5.74, 6) is 1.55. The third-order valence-electron chi connectivity index (χ3n) is 9.49. The highest BCUT2D eigenvalue weighted by molar-refractivity contribution is 5.84. The average Bonchev–Trinajstić information content (AvgIpc) is 3.02. The first-order valence-electron chi connectivity index (χ1n) is 10.4. The van der Waals surface area contributed by atoms with Crippen LogP contribution in [0.25, 0.3) is 0 Å². The van der Waals surface area contributed by atoms with Gasteiger partial charge in [-0.15, -0.1) is 0 Å². The summed E-state index contributed by atoms with van der Waals surface area (Å²) < 4.78 is 5.82. The van der Waals surface area contributed by atoms with E-state index in [2.05, 4.69) is 13.8 Å². The molecule has 1 heterocycles. The summed E-state index contributed by atoms with van der Waals surface area (Å²) in [7, 11) is 0. The van der Waals surface area contributed by atoms with Crippen molar-refractivity contribution in [2.75, 3.05) is 6.61 Å². The van der Waals surface area contributed by atoms with Crippen molar-refractivity contribution in [1.82, 2.24) is 0 Å². The van der Waals surface area contributed by atoms with Gasteiger partial charge in [0.1, 0.15) is 11.9 Å². The Kier molecular flexibility index (Phi) is 3.39. The summed E-state index contributed by atoms with van der Waals surface area (Å²) in [6, 6.07) is 0. The Bertz CT molecular complexity index is 605. The number of rotatable bonds is 1. The fourth-order valence-corrected chi connectivity index (χ4v) is 8.33. The number of ether oxygens (including phenoxy) is 1. The van der Waals surface area contributed by atoms with Crippen LogP contribution in [-0.4, -0.2) is 34.5 Å². The Morgan fingerprint density at radius 1 is 1.24 bits per heavy atom. The van der Waals surface area contributed by atoms with Crippen molar-refractivity contribution in [1.29, 1.82) is 0 Å². The number of hydrogen-bond donors (Lipinski definition) is 2. The van der Waals surface area contributed by atoms with Crippen LogP contribution in [0.1, 0.15) is 65.2 Å². The molecular weight excluding hydrogens is 316 g/mol. The highest BCUT2D eigenvalue weighted by Crippen LogP contribution is 2.69. The van der Waals surface area contributed by atoms with Crippen molar-refractivity contribution >= 4 is 5.78 Å². The Balaban J connectivity index is 1.50. The van der Waals surface area contributed by atoms with Gasteiger partial charge in [0, 0.05) is 24.2 Å². The molecule has 0 amide bonds. The largest absolute Gasteiger partial charge is 0.388 e. The van der Waals surface area contributed by atoms with E-state index in [0.717, 1.165) is 32.1 Å². The van der Waals surface area contributed by atoms with Gasteiger partial charge >= 0.3 is 0 Å². The standard InChI is InChI=1S/C21H32O4/c1-3-14-17(22)9-16-13-5-4-12-8-18(23)21(24)10-20(12,11-25-21)15(13)6-7-19(14,16)2/h12-16,18,23-24H,3-11H2,1-2H3/t12-,13+,14+,15-,16-,18-,19-,20-,21+/m1/s1. The maximum atomic E-state index is 12.7. The summed E-state index contributed by atoms with van der Waals surface area (Å²) in [6.45, 7) is 5.15. The van der Waals surface area contributed by atoms with E-state index in [1.54, 1.807) is 0 Å². The molecule has 4 heteroatoms. The van der Waals surface area contributed by atoms with Crippen LogP contribution in [-0.2, 0) is 9.53 Å². The number of aliphatic hydroxyl groups excluding tert-OH is 1. The van der Waals surface area contributed by atoms with Crippen LogP contribution in [0.5, 0.6) is 0 Å². The topological polar surface area (TPSA) is 66.8 Å². The number of carbonyl (C=O) groups excluding carboxylic acids is 1. The van der Waals surface area contributed by atoms with E-state index in [0.29, 0.717) is 48.9 Å². The minimum absolute atomic E-state index is 0.0333. The van der Waals surface area contributed by atoms with Crippen molar-refractivity contribution in [3.8, 4) is 0 Å². The molecule has 5 rings (SSSR count). The molecule has 140 valence electrons. The summed E-state index contributed by atoms with van der Waals surface area (Å²) in [5.41, 5.74) is 0.214. The molecule has 4 aliphatic carbocycles. The summed E-state index contributed by atoms with van der Waals surface area (Å²) in [4.78, 5) is 12.7. The van der Waals surface area contributed by atoms with Crippen LogP contribution < -0.4 is 0 Å². The molecule has 5 aliphatic rings. The molecule has 2 bridgehead atoms. The van der Waals surface area contributed by atoms with E-state index >= 15 is 0 Å². The predicted octanol–water partition coefficient (Wildman–Crippen LogP) is 2.90. The minimum atomic E-state index is -1.32. The lowest BCUT2D eigenvalue weighted by Crippen LogP contribution is -2.58. The number of fused-ring (bicyclic) bond motifs is 4. The molecule has 1 aliphatic heterocycles. The van der Waals surface area contributed by atoms with Gasteiger partial charge in [0.05, 0.1) is 6.61 Å². The maximum Gasteiger partial charge on any atom is 0.192 e. The number of Topliss-reactive ketones (excluding diaryl/α,β-unsaturated/α-hetero) is 1. The molecule has 1 saturated heterocycles. The monoisotopic (exact) mass is 348 g/mol. The molecule has 0 unspecified atom stereocenters. The Hall–Kier alpha value is -0.450. The fraction of sp³-hybridized carbons (Fsp3) is 0.952. The van der Waals surface area contributed by atoms with Gasteiger partial charge in [0.15, 0.2) is 5.79 Å². The van der Waals surface area contributed by atoms with Gasteiger partial charge in [0.25, 0.3) is 0 Å². The predicted molar refractivity (Wildman–Crippen MR) is 92.5 cm³/mol. The van der Waals surface area contributed by atoms with Crippen molar-refractivity contribution in [3.05, 3.63) is 0 Å². The average molecular weight is 348 g/mol. The summed E-state index contributed by atoms with van der Waals surface area (Å²) >= 11 is 0. The van der Waals surface area contributed by atoms with E-state index < -0.39 is 11.9 Å². The van der Waals surface area contributed by atoms with Crippen molar-refractivity contribution < 1.29 is 19.7 Å². The van der Waals surface area contributed by atoms with Crippen molar-refractivity contribution in [2.45, 2.75) is 77.1 Å². The van der Waals surface area contributed by atoms with Gasteiger partial charge in [-0.1, -0.05) is 13.8 Å². The first-order chi connectivity index (χ1) is 11.8. The second-order valence-electron chi connectivity index (χ2n) is 10.1. The molecule has 9 atom stereocenters. The van der Waals surface area contributed by atoms with E-state index in [-0.39, 0.29) is 16.7 Å². The highest BCUT2D eigenvalue weighted by atomic mass is 16.6. The zero-order valence-corrected chi connectivity index (χ0v) is 15.5. The van der Waals surface area contributed by atoms with E-state index in [4.69, 9.17) is 4.74 Å². The van der Waals surface area contributed by atoms with Crippen molar-refractivity contribution in [2.24, 2.45) is 40.4 Å². The number of ketones is 1. The quantitative estimate of drug-likeness (QED) is 0.765. The molecule has 1 spiro atoms. The molecule has 0 aromatic rings. The SMILES string of the molecule is CC[C@H]1C(=O)C[C@@H]2[C@H]3CC[C@@H]4C[C@@H](O)[C@]5(O)C[C@]4(CO5)[C@@H]3CC[C@@]21C. The first-order valence-corrected chi connectivity index (χ1v) is 10.4.